The SMILES string of the molecule is Cc1cc(C#C[Si](C)(C)C)cc([N+](=O)[O-])c1C. The lowest BCUT2D eigenvalue weighted by Gasteiger charge is -2.05. The molecule has 0 saturated heterocycles. The number of nitrogens with zero attached hydrogens (tertiary/aromatic N) is 1. The topological polar surface area (TPSA) is 43.1 Å². The Morgan fingerprint density at radius 2 is 1.82 bits per heavy atom. The van der Waals surface area contributed by atoms with E-state index >= 15 is 0 Å². The normalized spacial score (nSPS) is 10.6. The van der Waals surface area contributed by atoms with Crippen LogP contribution in [-0.4, -0.2) is 13.0 Å². The zero-order valence-electron chi connectivity index (χ0n) is 10.9. The van der Waals surface area contributed by atoms with Gasteiger partial charge in [-0.25, -0.2) is 0 Å². The van der Waals surface area contributed by atoms with Gasteiger partial charge in [0.1, 0.15) is 8.07 Å². The van der Waals surface area contributed by atoms with E-state index in [0.29, 0.717) is 5.56 Å². The molecule has 0 aliphatic heterocycles. The Labute approximate surface area is 103 Å². The second kappa shape index (κ2) is 4.72. The van der Waals surface area contributed by atoms with Gasteiger partial charge in [-0.1, -0.05) is 25.6 Å². The Morgan fingerprint density at radius 1 is 1.24 bits per heavy atom. The lowest BCUT2D eigenvalue weighted by molar-refractivity contribution is -0.385. The third-order valence-electron chi connectivity index (χ3n) is 2.42. The lowest BCUT2D eigenvalue weighted by atomic mass is 10.0. The Balaban J connectivity index is 3.28. The van der Waals surface area contributed by atoms with Crippen LogP contribution < -0.4 is 0 Å². The summed E-state index contributed by atoms with van der Waals surface area (Å²) in [6.45, 7) is 10.1. The number of nitro benzene ring substituents is 1. The van der Waals surface area contributed by atoms with Crippen LogP contribution in [0.4, 0.5) is 5.69 Å². The molecule has 0 atom stereocenters. The molecular weight excluding hydrogens is 230 g/mol. The van der Waals surface area contributed by atoms with E-state index in [4.69, 9.17) is 0 Å². The second-order valence-corrected chi connectivity index (χ2v) is 9.94. The summed E-state index contributed by atoms with van der Waals surface area (Å²) in [7, 11) is -1.45. The molecule has 0 radical (unpaired) electrons. The van der Waals surface area contributed by atoms with E-state index in [1.807, 2.05) is 13.0 Å². The highest BCUT2D eigenvalue weighted by Gasteiger charge is 2.14. The van der Waals surface area contributed by atoms with Crippen molar-refractivity contribution in [2.45, 2.75) is 33.5 Å². The van der Waals surface area contributed by atoms with Crippen LogP contribution in [0, 0.1) is 35.4 Å². The van der Waals surface area contributed by atoms with Gasteiger partial charge in [0.05, 0.1) is 4.92 Å². The largest absolute Gasteiger partial charge is 0.273 e. The van der Waals surface area contributed by atoms with Crippen molar-refractivity contribution in [3.63, 3.8) is 0 Å². The first-order chi connectivity index (χ1) is 7.70. The molecule has 0 heterocycles. The quantitative estimate of drug-likeness (QED) is 0.330. The smallest absolute Gasteiger partial charge is 0.258 e. The van der Waals surface area contributed by atoms with E-state index in [9.17, 15) is 10.1 Å². The summed E-state index contributed by atoms with van der Waals surface area (Å²) >= 11 is 0. The summed E-state index contributed by atoms with van der Waals surface area (Å²) in [6, 6.07) is 3.48. The average molecular weight is 247 g/mol. The molecule has 0 bridgehead atoms. The van der Waals surface area contributed by atoms with E-state index in [2.05, 4.69) is 31.1 Å². The summed E-state index contributed by atoms with van der Waals surface area (Å²) in [4.78, 5) is 10.5. The molecule has 4 heteroatoms. The fourth-order valence-corrected chi connectivity index (χ4v) is 1.88. The predicted molar refractivity (Wildman–Crippen MR) is 72.8 cm³/mol. The standard InChI is InChI=1S/C13H17NO2Si/c1-10-8-12(6-7-17(3,4)5)9-13(11(10)2)14(15)16/h8-9H,1-5H3. The highest BCUT2D eigenvalue weighted by atomic mass is 28.3. The summed E-state index contributed by atoms with van der Waals surface area (Å²) in [6.07, 6.45) is 0. The minimum absolute atomic E-state index is 0.157. The third kappa shape index (κ3) is 3.72. The summed E-state index contributed by atoms with van der Waals surface area (Å²) in [5, 5.41) is 10.9. The molecule has 0 saturated carbocycles. The third-order valence-corrected chi connectivity index (χ3v) is 3.29. The van der Waals surface area contributed by atoms with Crippen molar-refractivity contribution in [2.75, 3.05) is 0 Å². The molecule has 1 aromatic carbocycles. The number of rotatable bonds is 1. The minimum atomic E-state index is -1.45. The van der Waals surface area contributed by atoms with Gasteiger partial charge in [-0.05, 0) is 25.5 Å². The fraction of sp³-hybridized carbons (Fsp3) is 0.385. The molecule has 3 nitrogen and oxygen atoms in total. The maximum Gasteiger partial charge on any atom is 0.273 e. The van der Waals surface area contributed by atoms with Gasteiger partial charge in [0.25, 0.3) is 5.69 Å². The van der Waals surface area contributed by atoms with Crippen LogP contribution in [-0.2, 0) is 0 Å². The zero-order chi connectivity index (χ0) is 13.2. The molecular formula is C13H17NO2Si. The molecule has 0 aliphatic carbocycles. The maximum atomic E-state index is 10.9. The molecule has 0 amide bonds. The highest BCUT2D eigenvalue weighted by molar-refractivity contribution is 6.83. The van der Waals surface area contributed by atoms with Crippen LogP contribution >= 0.6 is 0 Å². The molecule has 90 valence electrons. The Morgan fingerprint density at radius 3 is 2.29 bits per heavy atom. The van der Waals surface area contributed by atoms with Crippen molar-refractivity contribution in [3.05, 3.63) is 38.9 Å². The lowest BCUT2D eigenvalue weighted by Crippen LogP contribution is -2.16. The van der Waals surface area contributed by atoms with Gasteiger partial charge in [0.2, 0.25) is 0 Å². The van der Waals surface area contributed by atoms with E-state index in [0.717, 1.165) is 11.1 Å². The van der Waals surface area contributed by atoms with Gasteiger partial charge in [-0.2, -0.15) is 0 Å². The fourth-order valence-electron chi connectivity index (χ4n) is 1.36. The van der Waals surface area contributed by atoms with Crippen LogP contribution in [0.1, 0.15) is 16.7 Å². The van der Waals surface area contributed by atoms with Gasteiger partial charge in [0.15, 0.2) is 0 Å². The van der Waals surface area contributed by atoms with Gasteiger partial charge in [-0.15, -0.1) is 5.54 Å². The zero-order valence-corrected chi connectivity index (χ0v) is 11.9. The minimum Gasteiger partial charge on any atom is -0.258 e. The van der Waals surface area contributed by atoms with Crippen LogP contribution in [0.5, 0.6) is 0 Å². The van der Waals surface area contributed by atoms with Crippen molar-refractivity contribution in [3.8, 4) is 11.5 Å². The number of hydrogen-bond donors (Lipinski definition) is 0. The van der Waals surface area contributed by atoms with Crippen LogP contribution in [0.3, 0.4) is 0 Å². The summed E-state index contributed by atoms with van der Waals surface area (Å²) in [5.74, 6) is 3.06. The summed E-state index contributed by atoms with van der Waals surface area (Å²) < 4.78 is 0. The van der Waals surface area contributed by atoms with Gasteiger partial charge in [0, 0.05) is 17.2 Å². The number of nitro groups is 1. The number of hydrogen-bond acceptors (Lipinski definition) is 2. The second-order valence-electron chi connectivity index (χ2n) is 5.19. The van der Waals surface area contributed by atoms with Crippen molar-refractivity contribution < 1.29 is 4.92 Å². The monoisotopic (exact) mass is 247 g/mol. The van der Waals surface area contributed by atoms with Crippen LogP contribution in [0.25, 0.3) is 0 Å². The molecule has 1 rings (SSSR count). The summed E-state index contributed by atoms with van der Waals surface area (Å²) in [5.41, 5.74) is 5.74. The number of benzene rings is 1. The molecule has 0 fully saturated rings. The Hall–Kier alpha value is -1.60. The Kier molecular flexibility index (Phi) is 3.74. The first kappa shape index (κ1) is 13.5. The van der Waals surface area contributed by atoms with Gasteiger partial charge in [-0.3, -0.25) is 10.1 Å². The molecule has 0 spiro atoms. The van der Waals surface area contributed by atoms with E-state index in [-0.39, 0.29) is 10.6 Å². The Bertz CT molecular complexity index is 519. The van der Waals surface area contributed by atoms with Crippen LogP contribution in [0.2, 0.25) is 19.6 Å². The average Bonchev–Trinajstić information content (AvgIpc) is 2.18. The predicted octanol–water partition coefficient (Wildman–Crippen LogP) is 3.44. The van der Waals surface area contributed by atoms with Crippen molar-refractivity contribution in [1.29, 1.82) is 0 Å². The number of aryl methyl sites for hydroxylation is 1. The molecule has 0 aromatic heterocycles. The van der Waals surface area contributed by atoms with Gasteiger partial charge >= 0.3 is 0 Å². The molecule has 0 N–H and O–H groups in total. The van der Waals surface area contributed by atoms with Crippen molar-refractivity contribution >= 4 is 13.8 Å². The van der Waals surface area contributed by atoms with E-state index in [1.165, 1.54) is 0 Å². The van der Waals surface area contributed by atoms with Crippen molar-refractivity contribution in [1.82, 2.24) is 0 Å². The first-order valence-electron chi connectivity index (χ1n) is 5.49. The highest BCUT2D eigenvalue weighted by Crippen LogP contribution is 2.22. The molecule has 0 unspecified atom stereocenters. The molecule has 17 heavy (non-hydrogen) atoms. The van der Waals surface area contributed by atoms with Crippen LogP contribution in [0.15, 0.2) is 12.1 Å². The van der Waals surface area contributed by atoms with Crippen molar-refractivity contribution in [2.24, 2.45) is 0 Å². The molecule has 0 aliphatic rings. The first-order valence-corrected chi connectivity index (χ1v) is 8.99. The van der Waals surface area contributed by atoms with E-state index < -0.39 is 8.07 Å². The van der Waals surface area contributed by atoms with E-state index in [1.54, 1.807) is 13.0 Å². The molecule has 1 aromatic rings. The maximum absolute atomic E-state index is 10.9. The van der Waals surface area contributed by atoms with Gasteiger partial charge < -0.3 is 0 Å².